The molecule has 5 nitrogen and oxygen atoms in total. The van der Waals surface area contributed by atoms with Crippen molar-refractivity contribution in [1.82, 2.24) is 19.9 Å². The average Bonchev–Trinajstić information content (AvgIpc) is 3.10. The third-order valence-corrected chi connectivity index (χ3v) is 4.73. The van der Waals surface area contributed by atoms with Gasteiger partial charge in [-0.05, 0) is 43.2 Å². The van der Waals surface area contributed by atoms with Gasteiger partial charge in [0.05, 0.1) is 21.4 Å². The Morgan fingerprint density at radius 3 is 2.80 bits per heavy atom. The third-order valence-electron chi connectivity index (χ3n) is 3.93. The molecule has 0 aliphatic heterocycles. The van der Waals surface area contributed by atoms with Crippen LogP contribution in [0.25, 0.3) is 21.5 Å². The molecule has 0 saturated carbocycles. The van der Waals surface area contributed by atoms with Crippen LogP contribution in [0.15, 0.2) is 54.3 Å². The minimum absolute atomic E-state index is 0.758. The Morgan fingerprint density at radius 1 is 1.04 bits per heavy atom. The fourth-order valence-electron chi connectivity index (χ4n) is 2.70. The minimum atomic E-state index is 0.758. The van der Waals surface area contributed by atoms with Crippen LogP contribution >= 0.6 is 11.3 Å². The molecule has 4 rings (SSSR count). The molecule has 0 spiro atoms. The summed E-state index contributed by atoms with van der Waals surface area (Å²) in [6, 6.07) is 12.3. The number of aryl methyl sites for hydroxylation is 1. The van der Waals surface area contributed by atoms with Gasteiger partial charge in [-0.25, -0.2) is 15.0 Å². The second kappa shape index (κ2) is 6.94. The number of fused-ring (bicyclic) bond motifs is 1. The van der Waals surface area contributed by atoms with Crippen molar-refractivity contribution in [3.05, 3.63) is 65.7 Å². The highest BCUT2D eigenvalue weighted by molar-refractivity contribution is 7.16. The summed E-state index contributed by atoms with van der Waals surface area (Å²) in [4.78, 5) is 17.5. The molecule has 0 atom stereocenters. The number of rotatable bonds is 5. The maximum Gasteiger partial charge on any atom is 0.130 e. The summed E-state index contributed by atoms with van der Waals surface area (Å²) in [5.74, 6) is 1.61. The predicted octanol–water partition coefficient (Wildman–Crippen LogP) is 4.11. The number of aromatic nitrogens is 4. The van der Waals surface area contributed by atoms with Crippen LogP contribution in [0, 0.1) is 6.92 Å². The van der Waals surface area contributed by atoms with Crippen molar-refractivity contribution in [2.45, 2.75) is 13.3 Å². The molecule has 1 aromatic carbocycles. The second-order valence-electron chi connectivity index (χ2n) is 5.75. The molecule has 0 bridgehead atoms. The zero-order chi connectivity index (χ0) is 17.1. The Bertz CT molecular complexity index is 997. The molecule has 6 heteroatoms. The summed E-state index contributed by atoms with van der Waals surface area (Å²) in [6.07, 6.45) is 4.56. The Balaban J connectivity index is 1.53. The van der Waals surface area contributed by atoms with Crippen molar-refractivity contribution in [1.29, 1.82) is 0 Å². The number of nitrogens with zero attached hydrogens (tertiary/aromatic N) is 4. The highest BCUT2D eigenvalue weighted by Gasteiger charge is 2.06. The van der Waals surface area contributed by atoms with E-state index >= 15 is 0 Å². The fourth-order valence-corrected chi connectivity index (χ4v) is 3.42. The van der Waals surface area contributed by atoms with E-state index in [0.29, 0.717) is 0 Å². The normalized spacial score (nSPS) is 10.9. The van der Waals surface area contributed by atoms with Gasteiger partial charge in [-0.1, -0.05) is 6.07 Å². The van der Waals surface area contributed by atoms with Crippen molar-refractivity contribution >= 4 is 27.4 Å². The molecule has 0 aliphatic rings. The first-order valence-corrected chi connectivity index (χ1v) is 8.98. The predicted molar refractivity (Wildman–Crippen MR) is 102 cm³/mol. The van der Waals surface area contributed by atoms with Gasteiger partial charge in [-0.2, -0.15) is 0 Å². The number of hydrogen-bond acceptors (Lipinski definition) is 6. The maximum atomic E-state index is 4.59. The maximum absolute atomic E-state index is 4.59. The largest absolute Gasteiger partial charge is 0.370 e. The molecule has 0 unspecified atom stereocenters. The number of anilines is 1. The van der Waals surface area contributed by atoms with Gasteiger partial charge >= 0.3 is 0 Å². The number of nitrogens with one attached hydrogen (secondary N) is 1. The highest BCUT2D eigenvalue weighted by Crippen LogP contribution is 2.26. The van der Waals surface area contributed by atoms with Crippen LogP contribution in [0.4, 0.5) is 5.82 Å². The second-order valence-corrected chi connectivity index (χ2v) is 6.64. The van der Waals surface area contributed by atoms with E-state index in [9.17, 15) is 0 Å². The summed E-state index contributed by atoms with van der Waals surface area (Å²) < 4.78 is 1.17. The topological polar surface area (TPSA) is 63.6 Å². The number of thiazole rings is 1. The molecule has 1 N–H and O–H groups in total. The quantitative estimate of drug-likeness (QED) is 0.588. The summed E-state index contributed by atoms with van der Waals surface area (Å²) in [5, 5.41) is 3.40. The van der Waals surface area contributed by atoms with Gasteiger partial charge in [0, 0.05) is 30.6 Å². The Morgan fingerprint density at radius 2 is 1.92 bits per heavy atom. The van der Waals surface area contributed by atoms with Crippen LogP contribution in [0.3, 0.4) is 0 Å². The molecular formula is C19H17N5S. The van der Waals surface area contributed by atoms with Gasteiger partial charge in [0.2, 0.25) is 0 Å². The van der Waals surface area contributed by atoms with Gasteiger partial charge in [0.1, 0.15) is 11.6 Å². The van der Waals surface area contributed by atoms with E-state index in [2.05, 4.69) is 37.4 Å². The number of benzene rings is 1. The monoisotopic (exact) mass is 347 g/mol. The van der Waals surface area contributed by atoms with E-state index in [1.54, 1.807) is 11.3 Å². The van der Waals surface area contributed by atoms with Crippen LogP contribution in [0.1, 0.15) is 11.4 Å². The first-order valence-electron chi connectivity index (χ1n) is 8.10. The Labute approximate surface area is 149 Å². The number of pyridine rings is 1. The van der Waals surface area contributed by atoms with E-state index in [1.807, 2.05) is 49.1 Å². The van der Waals surface area contributed by atoms with E-state index in [-0.39, 0.29) is 0 Å². The van der Waals surface area contributed by atoms with Crippen LogP contribution < -0.4 is 5.32 Å². The molecular weight excluding hydrogens is 330 g/mol. The average molecular weight is 347 g/mol. The lowest BCUT2D eigenvalue weighted by atomic mass is 10.1. The van der Waals surface area contributed by atoms with Crippen molar-refractivity contribution in [2.24, 2.45) is 0 Å². The molecule has 3 heterocycles. The van der Waals surface area contributed by atoms with Crippen LogP contribution in [0.2, 0.25) is 0 Å². The lowest BCUT2D eigenvalue weighted by Crippen LogP contribution is -2.07. The van der Waals surface area contributed by atoms with Crippen LogP contribution in [0.5, 0.6) is 0 Å². The fraction of sp³-hybridized carbons (Fsp3) is 0.158. The van der Waals surface area contributed by atoms with Gasteiger partial charge in [0.15, 0.2) is 0 Å². The SMILES string of the molecule is Cc1nc(NCCc2ccncc2)cc(-c2ccc3ncsc3c2)n1. The van der Waals surface area contributed by atoms with Crippen molar-refractivity contribution in [3.63, 3.8) is 0 Å². The van der Waals surface area contributed by atoms with Crippen LogP contribution in [-0.4, -0.2) is 26.5 Å². The summed E-state index contributed by atoms with van der Waals surface area (Å²) >= 11 is 1.64. The van der Waals surface area contributed by atoms with Crippen LogP contribution in [-0.2, 0) is 6.42 Å². The molecule has 4 aromatic rings. The third kappa shape index (κ3) is 3.64. The number of hydrogen-bond donors (Lipinski definition) is 1. The molecule has 0 amide bonds. The van der Waals surface area contributed by atoms with Crippen molar-refractivity contribution < 1.29 is 0 Å². The Hall–Kier alpha value is -2.86. The summed E-state index contributed by atoms with van der Waals surface area (Å²) in [6.45, 7) is 2.73. The standard InChI is InChI=1S/C19H17N5S/c1-13-23-17(15-2-3-16-18(10-15)25-12-22-16)11-19(24-13)21-9-6-14-4-7-20-8-5-14/h2-5,7-8,10-12H,6,9H2,1H3,(H,21,23,24). The van der Waals surface area contributed by atoms with E-state index in [0.717, 1.165) is 41.4 Å². The smallest absolute Gasteiger partial charge is 0.130 e. The van der Waals surface area contributed by atoms with Crippen molar-refractivity contribution in [2.75, 3.05) is 11.9 Å². The molecule has 0 aliphatic carbocycles. The zero-order valence-corrected chi connectivity index (χ0v) is 14.6. The molecule has 0 fully saturated rings. The molecule has 124 valence electrons. The van der Waals surface area contributed by atoms with Crippen molar-refractivity contribution in [3.8, 4) is 11.3 Å². The van der Waals surface area contributed by atoms with E-state index in [4.69, 9.17) is 0 Å². The zero-order valence-electron chi connectivity index (χ0n) is 13.8. The molecule has 0 saturated heterocycles. The first-order chi connectivity index (χ1) is 12.3. The first kappa shape index (κ1) is 15.7. The summed E-state index contributed by atoms with van der Waals surface area (Å²) in [5.41, 5.74) is 6.15. The lowest BCUT2D eigenvalue weighted by molar-refractivity contribution is 0.979. The highest BCUT2D eigenvalue weighted by atomic mass is 32.1. The van der Waals surface area contributed by atoms with E-state index in [1.165, 1.54) is 10.3 Å². The van der Waals surface area contributed by atoms with Gasteiger partial charge in [-0.3, -0.25) is 4.98 Å². The molecule has 0 radical (unpaired) electrons. The van der Waals surface area contributed by atoms with Gasteiger partial charge < -0.3 is 5.32 Å². The molecule has 25 heavy (non-hydrogen) atoms. The summed E-state index contributed by atoms with van der Waals surface area (Å²) in [7, 11) is 0. The van der Waals surface area contributed by atoms with E-state index < -0.39 is 0 Å². The minimum Gasteiger partial charge on any atom is -0.370 e. The van der Waals surface area contributed by atoms with Gasteiger partial charge in [0.25, 0.3) is 0 Å². The van der Waals surface area contributed by atoms with Gasteiger partial charge in [-0.15, -0.1) is 11.3 Å². The molecule has 3 aromatic heterocycles. The lowest BCUT2D eigenvalue weighted by Gasteiger charge is -2.09. The Kier molecular flexibility index (Phi) is 4.35.